The monoisotopic (exact) mass is 285 g/mol. The molecule has 0 heterocycles. The molecule has 1 atom stereocenters. The van der Waals surface area contributed by atoms with E-state index in [9.17, 15) is 0 Å². The summed E-state index contributed by atoms with van der Waals surface area (Å²) in [7, 11) is 0. The van der Waals surface area contributed by atoms with Crippen LogP contribution in [0.1, 0.15) is 26.2 Å². The summed E-state index contributed by atoms with van der Waals surface area (Å²) in [5, 5.41) is 0. The maximum atomic E-state index is 5.70. The molecule has 2 N–H and O–H groups in total. The van der Waals surface area contributed by atoms with Crippen molar-refractivity contribution in [3.8, 4) is 5.75 Å². The van der Waals surface area contributed by atoms with E-state index in [2.05, 4.69) is 22.9 Å². The minimum Gasteiger partial charge on any atom is -0.494 e. The van der Waals surface area contributed by atoms with Gasteiger partial charge in [-0.1, -0.05) is 29.3 Å². The van der Waals surface area contributed by atoms with E-state index in [0.717, 1.165) is 29.8 Å². The average molecular weight is 286 g/mol. The van der Waals surface area contributed by atoms with Gasteiger partial charge in [-0.05, 0) is 49.6 Å². The molecule has 90 valence electrons. The lowest BCUT2D eigenvalue weighted by atomic mass is 10.0. The van der Waals surface area contributed by atoms with Gasteiger partial charge >= 0.3 is 0 Å². The SMILES string of the molecule is CCCC(CN)CCOc1ccc(Br)cc1. The molecule has 1 unspecified atom stereocenters. The van der Waals surface area contributed by atoms with Crippen molar-refractivity contribution in [2.45, 2.75) is 26.2 Å². The topological polar surface area (TPSA) is 35.2 Å². The number of benzene rings is 1. The molecule has 1 aromatic rings. The first-order chi connectivity index (χ1) is 7.76. The first-order valence-corrected chi connectivity index (χ1v) is 6.64. The second kappa shape index (κ2) is 7.69. The van der Waals surface area contributed by atoms with Crippen molar-refractivity contribution < 1.29 is 4.74 Å². The van der Waals surface area contributed by atoms with Gasteiger partial charge in [-0.3, -0.25) is 0 Å². The molecule has 16 heavy (non-hydrogen) atoms. The number of nitrogens with two attached hydrogens (primary N) is 1. The fourth-order valence-corrected chi connectivity index (χ4v) is 1.93. The van der Waals surface area contributed by atoms with Gasteiger partial charge in [0, 0.05) is 4.47 Å². The van der Waals surface area contributed by atoms with Crippen LogP contribution in [0.15, 0.2) is 28.7 Å². The molecule has 0 saturated carbocycles. The third-order valence-corrected chi connectivity index (χ3v) is 3.17. The summed E-state index contributed by atoms with van der Waals surface area (Å²) >= 11 is 3.40. The Hall–Kier alpha value is -0.540. The summed E-state index contributed by atoms with van der Waals surface area (Å²) in [6, 6.07) is 7.92. The predicted octanol–water partition coefficient (Wildman–Crippen LogP) is 3.59. The van der Waals surface area contributed by atoms with Gasteiger partial charge in [0.15, 0.2) is 0 Å². The Kier molecular flexibility index (Phi) is 6.50. The summed E-state index contributed by atoms with van der Waals surface area (Å²) in [6.45, 7) is 3.71. The summed E-state index contributed by atoms with van der Waals surface area (Å²) in [5.41, 5.74) is 5.70. The van der Waals surface area contributed by atoms with Gasteiger partial charge in [0.1, 0.15) is 5.75 Å². The lowest BCUT2D eigenvalue weighted by Crippen LogP contribution is -2.17. The highest BCUT2D eigenvalue weighted by Gasteiger charge is 2.05. The zero-order chi connectivity index (χ0) is 11.8. The van der Waals surface area contributed by atoms with Crippen LogP contribution in [0.3, 0.4) is 0 Å². The van der Waals surface area contributed by atoms with Gasteiger partial charge < -0.3 is 10.5 Å². The zero-order valence-electron chi connectivity index (χ0n) is 9.79. The summed E-state index contributed by atoms with van der Waals surface area (Å²) in [5.74, 6) is 1.52. The largest absolute Gasteiger partial charge is 0.494 e. The van der Waals surface area contributed by atoms with Crippen molar-refractivity contribution in [1.82, 2.24) is 0 Å². The Balaban J connectivity index is 2.26. The van der Waals surface area contributed by atoms with Gasteiger partial charge in [0.25, 0.3) is 0 Å². The Morgan fingerprint density at radius 1 is 1.25 bits per heavy atom. The third kappa shape index (κ3) is 4.99. The van der Waals surface area contributed by atoms with E-state index in [1.54, 1.807) is 0 Å². The van der Waals surface area contributed by atoms with Crippen LogP contribution in [0.25, 0.3) is 0 Å². The van der Waals surface area contributed by atoms with Crippen molar-refractivity contribution in [3.05, 3.63) is 28.7 Å². The summed E-state index contributed by atoms with van der Waals surface area (Å²) in [4.78, 5) is 0. The second-order valence-corrected chi connectivity index (χ2v) is 4.90. The molecule has 0 bridgehead atoms. The Bertz CT molecular complexity index is 286. The Labute approximate surface area is 106 Å². The molecule has 0 aliphatic rings. The van der Waals surface area contributed by atoms with Crippen LogP contribution in [0.2, 0.25) is 0 Å². The van der Waals surface area contributed by atoms with Crippen molar-refractivity contribution >= 4 is 15.9 Å². The van der Waals surface area contributed by atoms with Gasteiger partial charge in [0.05, 0.1) is 6.61 Å². The second-order valence-electron chi connectivity index (χ2n) is 3.98. The maximum absolute atomic E-state index is 5.70. The van der Waals surface area contributed by atoms with Crippen LogP contribution in [0, 0.1) is 5.92 Å². The maximum Gasteiger partial charge on any atom is 0.119 e. The van der Waals surface area contributed by atoms with Crippen LogP contribution in [-0.2, 0) is 0 Å². The smallest absolute Gasteiger partial charge is 0.119 e. The number of hydrogen-bond donors (Lipinski definition) is 1. The van der Waals surface area contributed by atoms with Crippen LogP contribution in [0.4, 0.5) is 0 Å². The first kappa shape index (κ1) is 13.5. The Morgan fingerprint density at radius 3 is 2.50 bits per heavy atom. The van der Waals surface area contributed by atoms with Crippen LogP contribution < -0.4 is 10.5 Å². The normalized spacial score (nSPS) is 12.4. The molecule has 0 aliphatic carbocycles. The van der Waals surface area contributed by atoms with E-state index in [0.29, 0.717) is 5.92 Å². The van der Waals surface area contributed by atoms with Crippen LogP contribution >= 0.6 is 15.9 Å². The fourth-order valence-electron chi connectivity index (χ4n) is 1.66. The van der Waals surface area contributed by atoms with Crippen molar-refractivity contribution in [3.63, 3.8) is 0 Å². The molecule has 0 aliphatic heterocycles. The molecule has 0 radical (unpaired) electrons. The highest BCUT2D eigenvalue weighted by molar-refractivity contribution is 9.10. The number of ether oxygens (including phenoxy) is 1. The van der Waals surface area contributed by atoms with E-state index in [1.165, 1.54) is 12.8 Å². The highest BCUT2D eigenvalue weighted by Crippen LogP contribution is 2.17. The molecule has 1 rings (SSSR count). The van der Waals surface area contributed by atoms with E-state index in [-0.39, 0.29) is 0 Å². The third-order valence-electron chi connectivity index (χ3n) is 2.64. The predicted molar refractivity (Wildman–Crippen MR) is 71.7 cm³/mol. The lowest BCUT2D eigenvalue weighted by Gasteiger charge is -2.14. The van der Waals surface area contributed by atoms with Crippen molar-refractivity contribution in [1.29, 1.82) is 0 Å². The van der Waals surface area contributed by atoms with E-state index >= 15 is 0 Å². The minimum absolute atomic E-state index is 0.598. The molecule has 0 spiro atoms. The molecule has 0 aromatic heterocycles. The van der Waals surface area contributed by atoms with Gasteiger partial charge in [0.2, 0.25) is 0 Å². The minimum atomic E-state index is 0.598. The van der Waals surface area contributed by atoms with E-state index in [4.69, 9.17) is 10.5 Å². The Morgan fingerprint density at radius 2 is 1.94 bits per heavy atom. The van der Waals surface area contributed by atoms with E-state index in [1.807, 2.05) is 24.3 Å². The van der Waals surface area contributed by atoms with Gasteiger partial charge in [-0.2, -0.15) is 0 Å². The van der Waals surface area contributed by atoms with E-state index < -0.39 is 0 Å². The molecular formula is C13H20BrNO. The van der Waals surface area contributed by atoms with Crippen LogP contribution in [0.5, 0.6) is 5.75 Å². The van der Waals surface area contributed by atoms with Gasteiger partial charge in [-0.15, -0.1) is 0 Å². The number of rotatable bonds is 7. The molecular weight excluding hydrogens is 266 g/mol. The fraction of sp³-hybridized carbons (Fsp3) is 0.538. The molecule has 0 fully saturated rings. The number of halogens is 1. The van der Waals surface area contributed by atoms with Crippen LogP contribution in [-0.4, -0.2) is 13.2 Å². The highest BCUT2D eigenvalue weighted by atomic mass is 79.9. The molecule has 0 amide bonds. The molecule has 0 saturated heterocycles. The molecule has 2 nitrogen and oxygen atoms in total. The standard InChI is InChI=1S/C13H20BrNO/c1-2-3-11(10-15)8-9-16-13-6-4-12(14)5-7-13/h4-7,11H,2-3,8-10,15H2,1H3. The summed E-state index contributed by atoms with van der Waals surface area (Å²) in [6.07, 6.45) is 3.43. The first-order valence-electron chi connectivity index (χ1n) is 5.84. The number of hydrogen-bond acceptors (Lipinski definition) is 2. The summed E-state index contributed by atoms with van der Waals surface area (Å²) < 4.78 is 6.74. The molecule has 1 aromatic carbocycles. The van der Waals surface area contributed by atoms with Crippen molar-refractivity contribution in [2.24, 2.45) is 11.7 Å². The molecule has 3 heteroatoms. The van der Waals surface area contributed by atoms with Crippen molar-refractivity contribution in [2.75, 3.05) is 13.2 Å². The zero-order valence-corrected chi connectivity index (χ0v) is 11.4. The van der Waals surface area contributed by atoms with Gasteiger partial charge in [-0.25, -0.2) is 0 Å². The quantitative estimate of drug-likeness (QED) is 0.831. The average Bonchev–Trinajstić information content (AvgIpc) is 2.30. The lowest BCUT2D eigenvalue weighted by molar-refractivity contribution is 0.273.